The van der Waals surface area contributed by atoms with Gasteiger partial charge in [0.05, 0.1) is 6.61 Å². The molecule has 0 spiro atoms. The third-order valence-electron chi connectivity index (χ3n) is 4.73. The van der Waals surface area contributed by atoms with Gasteiger partial charge in [-0.25, -0.2) is 4.98 Å². The molecule has 0 radical (unpaired) electrons. The summed E-state index contributed by atoms with van der Waals surface area (Å²) >= 11 is 0. The molecule has 1 aromatic rings. The molecule has 0 saturated carbocycles. The van der Waals surface area contributed by atoms with Crippen molar-refractivity contribution < 1.29 is 4.74 Å². The lowest BCUT2D eigenvalue weighted by Gasteiger charge is -2.36. The maximum atomic E-state index is 5.56. The summed E-state index contributed by atoms with van der Waals surface area (Å²) in [6.07, 6.45) is 0. The Balaban J connectivity index is 1.93. The van der Waals surface area contributed by atoms with Gasteiger partial charge in [0.25, 0.3) is 0 Å². The van der Waals surface area contributed by atoms with Crippen LogP contribution in [-0.2, 0) is 0 Å². The third kappa shape index (κ3) is 2.14. The molecule has 5 nitrogen and oxygen atoms in total. The van der Waals surface area contributed by atoms with Crippen LogP contribution in [0.25, 0.3) is 0 Å². The van der Waals surface area contributed by atoms with Gasteiger partial charge in [-0.05, 0) is 39.5 Å². The van der Waals surface area contributed by atoms with Gasteiger partial charge in [0.1, 0.15) is 11.6 Å². The van der Waals surface area contributed by atoms with E-state index in [1.54, 1.807) is 0 Å². The molecule has 2 aliphatic rings. The Morgan fingerprint density at radius 1 is 1.40 bits per heavy atom. The van der Waals surface area contributed by atoms with Crippen molar-refractivity contribution in [2.75, 3.05) is 31.1 Å². The maximum absolute atomic E-state index is 5.56. The smallest absolute Gasteiger partial charge is 0.218 e. The van der Waals surface area contributed by atoms with E-state index in [-0.39, 0.29) is 5.54 Å². The van der Waals surface area contributed by atoms with Crippen molar-refractivity contribution >= 4 is 5.82 Å². The Kier molecular flexibility index (Phi) is 3.32. The molecule has 0 bridgehead atoms. The lowest BCUT2D eigenvalue weighted by molar-refractivity contribution is 0.324. The fourth-order valence-corrected chi connectivity index (χ4v) is 3.70. The first-order chi connectivity index (χ1) is 9.52. The summed E-state index contributed by atoms with van der Waals surface area (Å²) in [6, 6.07) is 1.98. The van der Waals surface area contributed by atoms with Crippen LogP contribution in [0.3, 0.4) is 0 Å². The molecule has 3 heterocycles. The van der Waals surface area contributed by atoms with E-state index in [0.717, 1.165) is 37.2 Å². The zero-order valence-electron chi connectivity index (χ0n) is 12.8. The highest BCUT2D eigenvalue weighted by Gasteiger charge is 2.50. The van der Waals surface area contributed by atoms with Crippen LogP contribution >= 0.6 is 0 Å². The number of ether oxygens (including phenoxy) is 1. The van der Waals surface area contributed by atoms with Gasteiger partial charge in [0.2, 0.25) is 5.88 Å². The molecule has 0 aromatic carbocycles. The molecule has 1 aromatic heterocycles. The summed E-state index contributed by atoms with van der Waals surface area (Å²) in [4.78, 5) is 11.4. The molecule has 2 aliphatic heterocycles. The van der Waals surface area contributed by atoms with E-state index in [2.05, 4.69) is 34.0 Å². The van der Waals surface area contributed by atoms with Gasteiger partial charge in [0.15, 0.2) is 0 Å². The summed E-state index contributed by atoms with van der Waals surface area (Å²) in [5, 5.41) is 3.51. The molecule has 2 unspecified atom stereocenters. The number of fused-ring (bicyclic) bond motifs is 1. The second kappa shape index (κ2) is 4.88. The minimum absolute atomic E-state index is 0.123. The van der Waals surface area contributed by atoms with E-state index >= 15 is 0 Å². The minimum atomic E-state index is 0.123. The average molecular weight is 276 g/mol. The zero-order valence-corrected chi connectivity index (χ0v) is 12.8. The number of rotatable bonds is 3. The summed E-state index contributed by atoms with van der Waals surface area (Å²) in [7, 11) is 0. The van der Waals surface area contributed by atoms with E-state index in [9.17, 15) is 0 Å². The van der Waals surface area contributed by atoms with Gasteiger partial charge in [0, 0.05) is 31.2 Å². The summed E-state index contributed by atoms with van der Waals surface area (Å²) in [6.45, 7) is 12.5. The number of hydrogen-bond acceptors (Lipinski definition) is 5. The molecule has 1 N–H and O–H groups in total. The van der Waals surface area contributed by atoms with Crippen LogP contribution in [-0.4, -0.2) is 41.7 Å². The Hall–Kier alpha value is -1.36. The lowest BCUT2D eigenvalue weighted by Crippen LogP contribution is -2.45. The minimum Gasteiger partial charge on any atom is -0.478 e. The highest BCUT2D eigenvalue weighted by Crippen LogP contribution is 2.42. The highest BCUT2D eigenvalue weighted by atomic mass is 16.5. The Labute approximate surface area is 120 Å². The molecule has 5 heteroatoms. The van der Waals surface area contributed by atoms with Crippen molar-refractivity contribution in [2.24, 2.45) is 11.8 Å². The second-order valence-electron chi connectivity index (χ2n) is 6.33. The number of anilines is 1. The SMILES string of the molecule is CCOc1cc(N2CC3CNCC3C2(C)C)nc(C)n1. The molecule has 20 heavy (non-hydrogen) atoms. The van der Waals surface area contributed by atoms with Crippen LogP contribution in [0.1, 0.15) is 26.6 Å². The largest absolute Gasteiger partial charge is 0.478 e. The molecule has 2 atom stereocenters. The van der Waals surface area contributed by atoms with Crippen molar-refractivity contribution in [2.45, 2.75) is 33.2 Å². The van der Waals surface area contributed by atoms with E-state index in [0.29, 0.717) is 18.4 Å². The molecule has 0 aliphatic carbocycles. The number of nitrogens with one attached hydrogen (secondary N) is 1. The lowest BCUT2D eigenvalue weighted by atomic mass is 9.85. The van der Waals surface area contributed by atoms with Crippen molar-refractivity contribution in [3.8, 4) is 5.88 Å². The number of nitrogens with zero attached hydrogens (tertiary/aromatic N) is 3. The Morgan fingerprint density at radius 3 is 2.90 bits per heavy atom. The molecular formula is C15H24N4O. The summed E-state index contributed by atoms with van der Waals surface area (Å²) in [5.74, 6) is 3.86. The van der Waals surface area contributed by atoms with Crippen LogP contribution in [0.4, 0.5) is 5.82 Å². The standard InChI is InChI=1S/C15H24N4O/c1-5-20-14-6-13(17-10(2)18-14)19-9-11-7-16-8-12(11)15(19,3)4/h6,11-12,16H,5,7-9H2,1-4H3. The van der Waals surface area contributed by atoms with Crippen LogP contribution in [0.2, 0.25) is 0 Å². The first-order valence-electron chi connectivity index (χ1n) is 7.49. The fourth-order valence-electron chi connectivity index (χ4n) is 3.70. The molecule has 2 fully saturated rings. The topological polar surface area (TPSA) is 50.3 Å². The van der Waals surface area contributed by atoms with E-state index < -0.39 is 0 Å². The first-order valence-corrected chi connectivity index (χ1v) is 7.49. The number of hydrogen-bond donors (Lipinski definition) is 1. The van der Waals surface area contributed by atoms with Crippen molar-refractivity contribution in [3.05, 3.63) is 11.9 Å². The quantitative estimate of drug-likeness (QED) is 0.909. The van der Waals surface area contributed by atoms with Gasteiger partial charge < -0.3 is 15.0 Å². The van der Waals surface area contributed by atoms with Gasteiger partial charge in [-0.3, -0.25) is 0 Å². The number of aromatic nitrogens is 2. The second-order valence-corrected chi connectivity index (χ2v) is 6.33. The van der Waals surface area contributed by atoms with Gasteiger partial charge in [-0.15, -0.1) is 0 Å². The monoisotopic (exact) mass is 276 g/mol. The number of aryl methyl sites for hydroxylation is 1. The van der Waals surface area contributed by atoms with Crippen molar-refractivity contribution in [1.29, 1.82) is 0 Å². The fraction of sp³-hybridized carbons (Fsp3) is 0.733. The van der Waals surface area contributed by atoms with Gasteiger partial charge >= 0.3 is 0 Å². The Bertz CT molecular complexity index is 503. The summed E-state index contributed by atoms with van der Waals surface area (Å²) < 4.78 is 5.56. The predicted octanol–water partition coefficient (Wildman–Crippen LogP) is 1.62. The van der Waals surface area contributed by atoms with E-state index in [4.69, 9.17) is 4.74 Å². The molecule has 110 valence electrons. The summed E-state index contributed by atoms with van der Waals surface area (Å²) in [5.41, 5.74) is 0.123. The predicted molar refractivity (Wildman–Crippen MR) is 79.2 cm³/mol. The van der Waals surface area contributed by atoms with Crippen LogP contribution < -0.4 is 15.0 Å². The van der Waals surface area contributed by atoms with E-state index in [1.165, 1.54) is 0 Å². The molecule has 2 saturated heterocycles. The maximum Gasteiger partial charge on any atom is 0.218 e. The third-order valence-corrected chi connectivity index (χ3v) is 4.73. The van der Waals surface area contributed by atoms with Gasteiger partial charge in [-0.1, -0.05) is 0 Å². The normalized spacial score (nSPS) is 27.7. The molecule has 0 amide bonds. The molecular weight excluding hydrogens is 252 g/mol. The Morgan fingerprint density at radius 2 is 2.20 bits per heavy atom. The van der Waals surface area contributed by atoms with Crippen LogP contribution in [0.15, 0.2) is 6.07 Å². The first kappa shape index (κ1) is 13.6. The highest BCUT2D eigenvalue weighted by molar-refractivity contribution is 5.47. The van der Waals surface area contributed by atoms with Crippen LogP contribution in [0.5, 0.6) is 5.88 Å². The van der Waals surface area contributed by atoms with Crippen molar-refractivity contribution in [1.82, 2.24) is 15.3 Å². The van der Waals surface area contributed by atoms with Crippen molar-refractivity contribution in [3.63, 3.8) is 0 Å². The van der Waals surface area contributed by atoms with Gasteiger partial charge in [-0.2, -0.15) is 4.98 Å². The zero-order chi connectivity index (χ0) is 14.3. The van der Waals surface area contributed by atoms with E-state index in [1.807, 2.05) is 19.9 Å². The average Bonchev–Trinajstić information content (AvgIpc) is 2.92. The van der Waals surface area contributed by atoms with Crippen LogP contribution in [0, 0.1) is 18.8 Å². The molecule has 3 rings (SSSR count).